The molecule has 2 aliphatic rings. The van der Waals surface area contributed by atoms with E-state index in [4.69, 9.17) is 21.1 Å². The summed E-state index contributed by atoms with van der Waals surface area (Å²) in [7, 11) is 0. The Morgan fingerprint density at radius 1 is 1.38 bits per heavy atom. The van der Waals surface area contributed by atoms with Crippen molar-refractivity contribution in [2.24, 2.45) is 0 Å². The van der Waals surface area contributed by atoms with E-state index < -0.39 is 0 Å². The van der Waals surface area contributed by atoms with Crippen LogP contribution in [0.15, 0.2) is 18.3 Å². The van der Waals surface area contributed by atoms with Crippen LogP contribution in [0.1, 0.15) is 48.9 Å². The Morgan fingerprint density at radius 3 is 3.00 bits per heavy atom. The van der Waals surface area contributed by atoms with Crippen molar-refractivity contribution in [3.8, 4) is 5.75 Å². The van der Waals surface area contributed by atoms with Gasteiger partial charge in [0.1, 0.15) is 11.6 Å². The summed E-state index contributed by atoms with van der Waals surface area (Å²) < 4.78 is 12.9. The first-order valence-electron chi connectivity index (χ1n) is 7.94. The third-order valence-corrected chi connectivity index (χ3v) is 4.63. The molecule has 24 heavy (non-hydrogen) atoms. The van der Waals surface area contributed by atoms with Crippen LogP contribution in [0.4, 0.5) is 5.82 Å². The molecule has 1 aromatic carbocycles. The minimum absolute atomic E-state index is 0.0318. The fourth-order valence-electron chi connectivity index (χ4n) is 3.37. The predicted molar refractivity (Wildman–Crippen MR) is 89.4 cm³/mol. The molecule has 1 amide bonds. The number of nitrogens with one attached hydrogen (secondary N) is 1. The second-order valence-corrected chi connectivity index (χ2v) is 6.82. The zero-order chi connectivity index (χ0) is 16.8. The van der Waals surface area contributed by atoms with Gasteiger partial charge in [-0.1, -0.05) is 11.6 Å². The van der Waals surface area contributed by atoms with E-state index in [-0.39, 0.29) is 24.7 Å². The van der Waals surface area contributed by atoms with Crippen LogP contribution in [0, 0.1) is 0 Å². The number of rotatable bonds is 2. The Balaban J connectivity index is 1.87. The van der Waals surface area contributed by atoms with Gasteiger partial charge >= 0.3 is 0 Å². The van der Waals surface area contributed by atoms with Crippen LogP contribution in [-0.2, 0) is 16.1 Å². The van der Waals surface area contributed by atoms with Crippen molar-refractivity contribution in [3.63, 3.8) is 0 Å². The van der Waals surface area contributed by atoms with Gasteiger partial charge in [-0.25, -0.2) is 4.68 Å². The van der Waals surface area contributed by atoms with Crippen LogP contribution in [0.5, 0.6) is 5.75 Å². The molecule has 0 spiro atoms. The van der Waals surface area contributed by atoms with Gasteiger partial charge < -0.3 is 14.8 Å². The molecule has 2 aliphatic heterocycles. The normalized spacial score (nSPS) is 19.5. The van der Waals surface area contributed by atoms with Crippen molar-refractivity contribution in [2.45, 2.75) is 38.8 Å². The van der Waals surface area contributed by atoms with Gasteiger partial charge in [-0.3, -0.25) is 4.79 Å². The number of hydrogen-bond donors (Lipinski definition) is 1. The van der Waals surface area contributed by atoms with Gasteiger partial charge in [0.2, 0.25) is 5.91 Å². The summed E-state index contributed by atoms with van der Waals surface area (Å²) >= 11 is 6.29. The standard InChI is InChI=1S/C17H18ClN3O3/c1-9(2)21-17-14(6-19-21)12(5-15(22)20-17)13-4-11(18)3-10-7-23-8-24-16(10)13/h3-4,6,9,12H,5,7-8H2,1-2H3,(H,20,22). The molecule has 4 rings (SSSR count). The van der Waals surface area contributed by atoms with Gasteiger partial charge in [-0.15, -0.1) is 0 Å². The Hall–Kier alpha value is -2.05. The van der Waals surface area contributed by atoms with Crippen LogP contribution in [0.25, 0.3) is 0 Å². The molecule has 0 fully saturated rings. The molecule has 2 aromatic rings. The maximum Gasteiger partial charge on any atom is 0.226 e. The highest BCUT2D eigenvalue weighted by Gasteiger charge is 2.33. The number of carbonyl (C=O) groups excluding carboxylic acids is 1. The largest absolute Gasteiger partial charge is 0.467 e. The van der Waals surface area contributed by atoms with Gasteiger partial charge in [0.15, 0.2) is 6.79 Å². The number of halogens is 1. The first kappa shape index (κ1) is 15.5. The van der Waals surface area contributed by atoms with Gasteiger partial charge in [0, 0.05) is 40.1 Å². The first-order chi connectivity index (χ1) is 11.5. The summed E-state index contributed by atoms with van der Waals surface area (Å²) in [6.45, 7) is 4.73. The summed E-state index contributed by atoms with van der Waals surface area (Å²) in [5, 5.41) is 8.01. The summed E-state index contributed by atoms with van der Waals surface area (Å²) in [5.74, 6) is 1.36. The Kier molecular flexibility index (Phi) is 3.73. The van der Waals surface area contributed by atoms with Crippen molar-refractivity contribution >= 4 is 23.3 Å². The molecule has 3 heterocycles. The lowest BCUT2D eigenvalue weighted by atomic mass is 9.85. The number of benzene rings is 1. The average molecular weight is 348 g/mol. The lowest BCUT2D eigenvalue weighted by Crippen LogP contribution is -2.26. The van der Waals surface area contributed by atoms with E-state index in [1.165, 1.54) is 0 Å². The van der Waals surface area contributed by atoms with Gasteiger partial charge in [0.25, 0.3) is 0 Å². The monoisotopic (exact) mass is 347 g/mol. The van der Waals surface area contributed by atoms with Gasteiger partial charge in [0.05, 0.1) is 12.8 Å². The molecule has 6 nitrogen and oxygen atoms in total. The molecule has 0 saturated carbocycles. The summed E-state index contributed by atoms with van der Waals surface area (Å²) in [4.78, 5) is 12.3. The third kappa shape index (κ3) is 2.46. The zero-order valence-corrected chi connectivity index (χ0v) is 14.3. The first-order valence-corrected chi connectivity index (χ1v) is 8.32. The highest BCUT2D eigenvalue weighted by atomic mass is 35.5. The SMILES string of the molecule is CC(C)n1ncc2c1NC(=O)CC2c1cc(Cl)cc2c1OCOC2. The van der Waals surface area contributed by atoms with Gasteiger partial charge in [-0.05, 0) is 26.0 Å². The summed E-state index contributed by atoms with van der Waals surface area (Å²) in [6.07, 6.45) is 2.17. The second kappa shape index (κ2) is 5.79. The van der Waals surface area contributed by atoms with Crippen LogP contribution in [0.2, 0.25) is 5.02 Å². The van der Waals surface area contributed by atoms with Crippen LogP contribution < -0.4 is 10.1 Å². The number of aromatic nitrogens is 2. The Bertz CT molecular complexity index is 816. The number of anilines is 1. The molecule has 0 aliphatic carbocycles. The van der Waals surface area contributed by atoms with Crippen molar-refractivity contribution < 1.29 is 14.3 Å². The molecule has 0 saturated heterocycles. The van der Waals surface area contributed by atoms with E-state index in [2.05, 4.69) is 10.4 Å². The van der Waals surface area contributed by atoms with Crippen LogP contribution >= 0.6 is 11.6 Å². The summed E-state index contributed by atoms with van der Waals surface area (Å²) in [5.41, 5.74) is 2.82. The lowest BCUT2D eigenvalue weighted by molar-refractivity contribution is -0.116. The number of ether oxygens (including phenoxy) is 2. The number of carbonyl (C=O) groups is 1. The molecular weight excluding hydrogens is 330 g/mol. The zero-order valence-electron chi connectivity index (χ0n) is 13.5. The van der Waals surface area contributed by atoms with E-state index in [1.807, 2.05) is 36.9 Å². The number of nitrogens with zero attached hydrogens (tertiary/aromatic N) is 2. The van der Waals surface area contributed by atoms with Crippen LogP contribution in [-0.4, -0.2) is 22.5 Å². The number of amides is 1. The quantitative estimate of drug-likeness (QED) is 0.903. The van der Waals surface area contributed by atoms with E-state index in [9.17, 15) is 4.79 Å². The van der Waals surface area contributed by atoms with E-state index >= 15 is 0 Å². The fraction of sp³-hybridized carbons (Fsp3) is 0.412. The number of fused-ring (bicyclic) bond motifs is 2. The Labute approximate surface area is 144 Å². The molecular formula is C17H18ClN3O3. The average Bonchev–Trinajstić information content (AvgIpc) is 2.97. The van der Waals surface area contributed by atoms with Crippen LogP contribution in [0.3, 0.4) is 0 Å². The molecule has 0 bridgehead atoms. The Morgan fingerprint density at radius 2 is 2.21 bits per heavy atom. The van der Waals surface area contributed by atoms with Crippen molar-refractivity contribution in [1.29, 1.82) is 0 Å². The topological polar surface area (TPSA) is 65.4 Å². The van der Waals surface area contributed by atoms with Crippen molar-refractivity contribution in [3.05, 3.63) is 40.0 Å². The maximum atomic E-state index is 12.3. The smallest absolute Gasteiger partial charge is 0.226 e. The van der Waals surface area contributed by atoms with Crippen molar-refractivity contribution in [1.82, 2.24) is 9.78 Å². The van der Waals surface area contributed by atoms with E-state index in [1.54, 1.807) is 0 Å². The minimum Gasteiger partial charge on any atom is -0.467 e. The molecule has 7 heteroatoms. The van der Waals surface area contributed by atoms with E-state index in [0.717, 1.165) is 28.3 Å². The second-order valence-electron chi connectivity index (χ2n) is 6.39. The molecule has 1 N–H and O–H groups in total. The molecule has 0 radical (unpaired) electrons. The van der Waals surface area contributed by atoms with Crippen molar-refractivity contribution in [2.75, 3.05) is 12.1 Å². The maximum absolute atomic E-state index is 12.3. The number of hydrogen-bond acceptors (Lipinski definition) is 4. The predicted octanol–water partition coefficient (Wildman–Crippen LogP) is 3.46. The fourth-order valence-corrected chi connectivity index (χ4v) is 3.62. The molecule has 126 valence electrons. The lowest BCUT2D eigenvalue weighted by Gasteiger charge is -2.28. The molecule has 1 unspecified atom stereocenters. The minimum atomic E-state index is -0.133. The summed E-state index contributed by atoms with van der Waals surface area (Å²) in [6, 6.07) is 3.89. The highest BCUT2D eigenvalue weighted by molar-refractivity contribution is 6.30. The molecule has 1 atom stereocenters. The van der Waals surface area contributed by atoms with E-state index in [0.29, 0.717) is 18.1 Å². The molecule has 1 aromatic heterocycles. The van der Waals surface area contributed by atoms with Gasteiger partial charge in [-0.2, -0.15) is 5.10 Å². The highest BCUT2D eigenvalue weighted by Crippen LogP contribution is 2.44. The third-order valence-electron chi connectivity index (χ3n) is 4.41.